The van der Waals surface area contributed by atoms with Gasteiger partial charge < -0.3 is 9.47 Å². The van der Waals surface area contributed by atoms with Crippen molar-refractivity contribution < 1.29 is 24.0 Å². The van der Waals surface area contributed by atoms with Crippen molar-refractivity contribution in [2.24, 2.45) is 0 Å². The standard InChI is InChI=1S/C20H19NO6/c1-3-26-18-11-7-16(8-12-18)20(23)14(2)27-19(22)13-6-15-4-9-17(10-5-15)21(24)25/h4-14H,3H2,1-2H3/b13-6+/t14-/m1/s1. The molecule has 7 nitrogen and oxygen atoms in total. The molecule has 0 heterocycles. The van der Waals surface area contributed by atoms with Gasteiger partial charge in [0.2, 0.25) is 5.78 Å². The number of hydrogen-bond donors (Lipinski definition) is 0. The number of Topliss-reactive ketones (excluding diaryl/α,β-unsaturated/α-hetero) is 1. The van der Waals surface area contributed by atoms with E-state index in [0.29, 0.717) is 23.5 Å². The third kappa shape index (κ3) is 5.78. The molecule has 7 heteroatoms. The van der Waals surface area contributed by atoms with E-state index >= 15 is 0 Å². The summed E-state index contributed by atoms with van der Waals surface area (Å²) in [6.07, 6.45) is 1.68. The highest BCUT2D eigenvalue weighted by atomic mass is 16.6. The lowest BCUT2D eigenvalue weighted by Crippen LogP contribution is -2.23. The average molecular weight is 369 g/mol. The Morgan fingerprint density at radius 1 is 1.11 bits per heavy atom. The van der Waals surface area contributed by atoms with E-state index < -0.39 is 17.0 Å². The molecule has 2 aromatic carbocycles. The first-order chi connectivity index (χ1) is 12.9. The van der Waals surface area contributed by atoms with Crippen LogP contribution in [0.25, 0.3) is 6.08 Å². The Labute approximate surface area is 156 Å². The lowest BCUT2D eigenvalue weighted by Gasteiger charge is -2.11. The maximum Gasteiger partial charge on any atom is 0.331 e. The van der Waals surface area contributed by atoms with Crippen LogP contribution >= 0.6 is 0 Å². The van der Waals surface area contributed by atoms with Crippen LogP contribution in [0.2, 0.25) is 0 Å². The Hall–Kier alpha value is -3.48. The minimum atomic E-state index is -0.947. The van der Waals surface area contributed by atoms with Crippen molar-refractivity contribution in [3.63, 3.8) is 0 Å². The second kappa shape index (κ2) is 9.28. The lowest BCUT2D eigenvalue weighted by atomic mass is 10.1. The van der Waals surface area contributed by atoms with E-state index in [0.717, 1.165) is 0 Å². The molecule has 0 fully saturated rings. The first kappa shape index (κ1) is 19.8. The van der Waals surface area contributed by atoms with Crippen molar-refractivity contribution in [1.82, 2.24) is 0 Å². The number of benzene rings is 2. The summed E-state index contributed by atoms with van der Waals surface area (Å²) in [6.45, 7) is 3.89. The summed E-state index contributed by atoms with van der Waals surface area (Å²) in [4.78, 5) is 34.3. The van der Waals surface area contributed by atoms with E-state index in [4.69, 9.17) is 9.47 Å². The number of carbonyl (C=O) groups is 2. The predicted molar refractivity (Wildman–Crippen MR) is 99.6 cm³/mol. The molecule has 0 aromatic heterocycles. The summed E-state index contributed by atoms with van der Waals surface area (Å²) in [5.41, 5.74) is 0.977. The van der Waals surface area contributed by atoms with Crippen LogP contribution < -0.4 is 4.74 Å². The molecular weight excluding hydrogens is 350 g/mol. The van der Waals surface area contributed by atoms with Crippen LogP contribution in [0.1, 0.15) is 29.8 Å². The summed E-state index contributed by atoms with van der Waals surface area (Å²) in [6, 6.07) is 12.3. The summed E-state index contributed by atoms with van der Waals surface area (Å²) in [5, 5.41) is 10.6. The van der Waals surface area contributed by atoms with Crippen molar-refractivity contribution in [3.05, 3.63) is 75.8 Å². The summed E-state index contributed by atoms with van der Waals surface area (Å²) < 4.78 is 10.4. The first-order valence-corrected chi connectivity index (χ1v) is 8.31. The Morgan fingerprint density at radius 3 is 2.30 bits per heavy atom. The molecule has 0 saturated carbocycles. The molecule has 0 N–H and O–H groups in total. The molecule has 0 amide bonds. The highest BCUT2D eigenvalue weighted by Gasteiger charge is 2.18. The van der Waals surface area contributed by atoms with E-state index in [-0.39, 0.29) is 11.5 Å². The molecule has 27 heavy (non-hydrogen) atoms. The van der Waals surface area contributed by atoms with Gasteiger partial charge in [0, 0.05) is 23.8 Å². The van der Waals surface area contributed by atoms with Crippen LogP contribution in [0.5, 0.6) is 5.75 Å². The zero-order chi connectivity index (χ0) is 19.8. The summed E-state index contributed by atoms with van der Waals surface area (Å²) in [7, 11) is 0. The van der Waals surface area contributed by atoms with E-state index in [1.54, 1.807) is 24.3 Å². The second-order valence-corrected chi connectivity index (χ2v) is 5.58. The minimum Gasteiger partial charge on any atom is -0.494 e. The molecule has 0 aliphatic rings. The van der Waals surface area contributed by atoms with Gasteiger partial charge in [-0.15, -0.1) is 0 Å². The molecule has 0 aliphatic carbocycles. The fourth-order valence-electron chi connectivity index (χ4n) is 2.26. The van der Waals surface area contributed by atoms with Gasteiger partial charge in [0.1, 0.15) is 5.75 Å². The highest BCUT2D eigenvalue weighted by Crippen LogP contribution is 2.15. The van der Waals surface area contributed by atoms with Gasteiger partial charge >= 0.3 is 5.97 Å². The normalized spacial score (nSPS) is 11.8. The SMILES string of the molecule is CCOc1ccc(C(=O)[C@@H](C)OC(=O)/C=C/c2ccc([N+](=O)[O-])cc2)cc1. The van der Waals surface area contributed by atoms with Crippen LogP contribution in [0.15, 0.2) is 54.6 Å². The monoisotopic (exact) mass is 369 g/mol. The van der Waals surface area contributed by atoms with Crippen molar-refractivity contribution in [1.29, 1.82) is 0 Å². The number of carbonyl (C=O) groups excluding carboxylic acids is 2. The van der Waals surface area contributed by atoms with Crippen LogP contribution in [0.4, 0.5) is 5.69 Å². The van der Waals surface area contributed by atoms with Crippen molar-refractivity contribution >= 4 is 23.5 Å². The number of rotatable bonds is 8. The fraction of sp³-hybridized carbons (Fsp3) is 0.200. The zero-order valence-corrected chi connectivity index (χ0v) is 15.0. The van der Waals surface area contributed by atoms with E-state index in [9.17, 15) is 19.7 Å². The number of hydrogen-bond acceptors (Lipinski definition) is 6. The van der Waals surface area contributed by atoms with E-state index in [1.807, 2.05) is 6.92 Å². The van der Waals surface area contributed by atoms with E-state index in [2.05, 4.69) is 0 Å². The quantitative estimate of drug-likeness (QED) is 0.231. The van der Waals surface area contributed by atoms with Crippen molar-refractivity contribution in [2.45, 2.75) is 20.0 Å². The molecule has 1 atom stereocenters. The summed E-state index contributed by atoms with van der Waals surface area (Å²) in [5.74, 6) is -0.347. The van der Waals surface area contributed by atoms with Gasteiger partial charge in [0.25, 0.3) is 5.69 Å². The molecule has 0 unspecified atom stereocenters. The number of ether oxygens (including phenoxy) is 2. The first-order valence-electron chi connectivity index (χ1n) is 8.31. The van der Waals surface area contributed by atoms with Gasteiger partial charge in [0.15, 0.2) is 6.10 Å². The van der Waals surface area contributed by atoms with Crippen molar-refractivity contribution in [3.8, 4) is 5.75 Å². The van der Waals surface area contributed by atoms with Crippen LogP contribution in [0.3, 0.4) is 0 Å². The maximum absolute atomic E-state index is 12.3. The molecule has 0 spiro atoms. The summed E-state index contributed by atoms with van der Waals surface area (Å²) >= 11 is 0. The molecule has 0 radical (unpaired) electrons. The number of nitrogens with zero attached hydrogens (tertiary/aromatic N) is 1. The molecule has 0 saturated heterocycles. The second-order valence-electron chi connectivity index (χ2n) is 5.58. The molecule has 2 aromatic rings. The Morgan fingerprint density at radius 2 is 1.74 bits per heavy atom. The molecule has 0 bridgehead atoms. The Kier molecular flexibility index (Phi) is 6.82. The van der Waals surface area contributed by atoms with Crippen LogP contribution in [-0.2, 0) is 9.53 Å². The number of esters is 1. The Bertz CT molecular complexity index is 840. The van der Waals surface area contributed by atoms with Crippen LogP contribution in [-0.4, -0.2) is 29.4 Å². The predicted octanol–water partition coefficient (Wildman–Crippen LogP) is 3.82. The number of non-ortho nitro benzene ring substituents is 1. The van der Waals surface area contributed by atoms with Crippen LogP contribution in [0, 0.1) is 10.1 Å². The Balaban J connectivity index is 1.93. The zero-order valence-electron chi connectivity index (χ0n) is 15.0. The fourth-order valence-corrected chi connectivity index (χ4v) is 2.26. The van der Waals surface area contributed by atoms with Gasteiger partial charge in [-0.25, -0.2) is 4.79 Å². The third-order valence-electron chi connectivity index (χ3n) is 3.63. The number of ketones is 1. The van der Waals surface area contributed by atoms with Gasteiger partial charge in [-0.1, -0.05) is 0 Å². The van der Waals surface area contributed by atoms with Gasteiger partial charge in [-0.3, -0.25) is 14.9 Å². The topological polar surface area (TPSA) is 95.7 Å². The molecule has 0 aliphatic heterocycles. The number of nitro groups is 1. The number of nitro benzene ring substituents is 1. The van der Waals surface area contributed by atoms with E-state index in [1.165, 1.54) is 43.3 Å². The lowest BCUT2D eigenvalue weighted by molar-refractivity contribution is -0.384. The molecular formula is C20H19NO6. The maximum atomic E-state index is 12.3. The van der Waals surface area contributed by atoms with Gasteiger partial charge in [-0.2, -0.15) is 0 Å². The third-order valence-corrected chi connectivity index (χ3v) is 3.63. The molecule has 2 rings (SSSR count). The highest BCUT2D eigenvalue weighted by molar-refractivity contribution is 6.01. The van der Waals surface area contributed by atoms with Gasteiger partial charge in [0.05, 0.1) is 11.5 Å². The average Bonchev–Trinajstić information content (AvgIpc) is 2.67. The largest absolute Gasteiger partial charge is 0.494 e. The van der Waals surface area contributed by atoms with Gasteiger partial charge in [-0.05, 0) is 61.9 Å². The van der Waals surface area contributed by atoms with Crippen molar-refractivity contribution in [2.75, 3.05) is 6.61 Å². The minimum absolute atomic E-state index is 0.0377. The molecule has 140 valence electrons. The smallest absolute Gasteiger partial charge is 0.331 e.